The maximum atomic E-state index is 11.1. The third-order valence-corrected chi connectivity index (χ3v) is 3.38. The summed E-state index contributed by atoms with van der Waals surface area (Å²) in [7, 11) is 1.41. The van der Waals surface area contributed by atoms with Crippen molar-refractivity contribution < 1.29 is 14.3 Å². The molecule has 100 valence electrons. The Kier molecular flexibility index (Phi) is 7.13. The standard InChI is InChI=1S/C13H19NO3S/c1-3-17-8-4-7-14-10-12-6-5-11(18-12)9-13(15)16-2/h3,5-6,14H,1,4,7-10H2,2H3. The number of nitrogens with one attached hydrogen (secondary N) is 1. The number of thiophene rings is 1. The minimum atomic E-state index is -0.196. The maximum absolute atomic E-state index is 11.1. The van der Waals surface area contributed by atoms with Crippen LogP contribution in [0.1, 0.15) is 16.2 Å². The Morgan fingerprint density at radius 3 is 3.00 bits per heavy atom. The van der Waals surface area contributed by atoms with Crippen molar-refractivity contribution in [1.29, 1.82) is 0 Å². The van der Waals surface area contributed by atoms with Crippen LogP contribution in [0.25, 0.3) is 0 Å². The molecule has 0 unspecified atom stereocenters. The molecular formula is C13H19NO3S. The number of hydrogen-bond acceptors (Lipinski definition) is 5. The van der Waals surface area contributed by atoms with Crippen molar-refractivity contribution >= 4 is 17.3 Å². The molecule has 1 aromatic rings. The van der Waals surface area contributed by atoms with Crippen LogP contribution < -0.4 is 5.32 Å². The summed E-state index contributed by atoms with van der Waals surface area (Å²) in [4.78, 5) is 13.4. The van der Waals surface area contributed by atoms with E-state index in [0.717, 1.165) is 24.4 Å². The van der Waals surface area contributed by atoms with E-state index in [2.05, 4.69) is 16.6 Å². The van der Waals surface area contributed by atoms with Gasteiger partial charge in [-0.15, -0.1) is 11.3 Å². The number of esters is 1. The summed E-state index contributed by atoms with van der Waals surface area (Å²) in [6, 6.07) is 4.01. The van der Waals surface area contributed by atoms with E-state index in [1.54, 1.807) is 11.3 Å². The minimum Gasteiger partial charge on any atom is -0.502 e. The molecule has 0 bridgehead atoms. The normalized spacial score (nSPS) is 10.1. The number of rotatable bonds is 9. The lowest BCUT2D eigenvalue weighted by Gasteiger charge is -2.02. The highest BCUT2D eigenvalue weighted by Crippen LogP contribution is 2.17. The van der Waals surface area contributed by atoms with Gasteiger partial charge in [0, 0.05) is 16.3 Å². The summed E-state index contributed by atoms with van der Waals surface area (Å²) >= 11 is 1.63. The lowest BCUT2D eigenvalue weighted by atomic mass is 10.3. The van der Waals surface area contributed by atoms with E-state index in [4.69, 9.17) is 4.74 Å². The monoisotopic (exact) mass is 269 g/mol. The molecule has 0 atom stereocenters. The van der Waals surface area contributed by atoms with E-state index in [1.807, 2.05) is 12.1 Å². The van der Waals surface area contributed by atoms with Gasteiger partial charge in [-0.1, -0.05) is 6.58 Å². The van der Waals surface area contributed by atoms with E-state index >= 15 is 0 Å². The fourth-order valence-electron chi connectivity index (χ4n) is 1.40. The Balaban J connectivity index is 2.18. The average Bonchev–Trinajstić information content (AvgIpc) is 2.81. The Morgan fingerprint density at radius 2 is 2.28 bits per heavy atom. The smallest absolute Gasteiger partial charge is 0.310 e. The van der Waals surface area contributed by atoms with Crippen LogP contribution in [0.5, 0.6) is 0 Å². The molecule has 1 heterocycles. The van der Waals surface area contributed by atoms with Gasteiger partial charge in [-0.2, -0.15) is 0 Å². The van der Waals surface area contributed by atoms with Gasteiger partial charge < -0.3 is 14.8 Å². The summed E-state index contributed by atoms with van der Waals surface area (Å²) in [5, 5.41) is 3.32. The van der Waals surface area contributed by atoms with Crippen LogP contribution in [-0.4, -0.2) is 26.2 Å². The first-order valence-corrected chi connectivity index (χ1v) is 6.65. The second kappa shape index (κ2) is 8.72. The van der Waals surface area contributed by atoms with Crippen LogP contribution in [-0.2, 0) is 27.2 Å². The molecule has 0 aromatic carbocycles. The van der Waals surface area contributed by atoms with Crippen LogP contribution in [0, 0.1) is 0 Å². The number of methoxy groups -OCH3 is 1. The summed E-state index contributed by atoms with van der Waals surface area (Å²) in [6.45, 7) is 5.89. The Hall–Kier alpha value is -1.33. The van der Waals surface area contributed by atoms with Crippen molar-refractivity contribution in [3.8, 4) is 0 Å². The molecule has 0 amide bonds. The molecule has 0 aliphatic heterocycles. The molecule has 0 saturated heterocycles. The van der Waals surface area contributed by atoms with Gasteiger partial charge in [0.15, 0.2) is 0 Å². The molecular weight excluding hydrogens is 250 g/mol. The highest BCUT2D eigenvalue weighted by Gasteiger charge is 2.05. The Bertz CT molecular complexity index is 376. The van der Waals surface area contributed by atoms with Crippen LogP contribution in [0.4, 0.5) is 0 Å². The molecule has 4 nitrogen and oxygen atoms in total. The number of hydrogen-bond donors (Lipinski definition) is 1. The van der Waals surface area contributed by atoms with E-state index < -0.39 is 0 Å². The van der Waals surface area contributed by atoms with Crippen molar-refractivity contribution in [2.24, 2.45) is 0 Å². The van der Waals surface area contributed by atoms with Gasteiger partial charge in [-0.25, -0.2) is 0 Å². The predicted octanol–water partition coefficient (Wildman–Crippen LogP) is 2.10. The molecule has 1 rings (SSSR count). The van der Waals surface area contributed by atoms with E-state index in [-0.39, 0.29) is 5.97 Å². The van der Waals surface area contributed by atoms with Crippen molar-refractivity contribution in [2.75, 3.05) is 20.3 Å². The average molecular weight is 269 g/mol. The highest BCUT2D eigenvalue weighted by atomic mass is 32.1. The second-order valence-electron chi connectivity index (χ2n) is 3.69. The molecule has 1 N–H and O–H groups in total. The predicted molar refractivity (Wildman–Crippen MR) is 72.5 cm³/mol. The number of carbonyl (C=O) groups excluding carboxylic acids is 1. The van der Waals surface area contributed by atoms with E-state index in [0.29, 0.717) is 13.0 Å². The first-order valence-electron chi connectivity index (χ1n) is 5.84. The van der Waals surface area contributed by atoms with Gasteiger partial charge in [0.1, 0.15) is 0 Å². The SMILES string of the molecule is C=COCCCNCc1ccc(CC(=O)OC)s1. The van der Waals surface area contributed by atoms with Crippen LogP contribution in [0.2, 0.25) is 0 Å². The first-order chi connectivity index (χ1) is 8.76. The van der Waals surface area contributed by atoms with Crippen LogP contribution in [0.3, 0.4) is 0 Å². The van der Waals surface area contributed by atoms with E-state index in [9.17, 15) is 4.79 Å². The molecule has 0 aliphatic carbocycles. The van der Waals surface area contributed by atoms with Gasteiger partial charge in [-0.3, -0.25) is 4.79 Å². The van der Waals surface area contributed by atoms with E-state index in [1.165, 1.54) is 18.2 Å². The first kappa shape index (κ1) is 14.7. The third kappa shape index (κ3) is 5.84. The van der Waals surface area contributed by atoms with Crippen molar-refractivity contribution in [3.63, 3.8) is 0 Å². The quantitative estimate of drug-likeness (QED) is 0.424. The summed E-state index contributed by atoms with van der Waals surface area (Å²) in [6.07, 6.45) is 2.76. The second-order valence-corrected chi connectivity index (χ2v) is 4.94. The van der Waals surface area contributed by atoms with Gasteiger partial charge in [-0.05, 0) is 25.1 Å². The number of ether oxygens (including phenoxy) is 2. The minimum absolute atomic E-state index is 0.196. The molecule has 0 fully saturated rings. The number of carbonyl (C=O) groups is 1. The lowest BCUT2D eigenvalue weighted by molar-refractivity contribution is -0.139. The highest BCUT2D eigenvalue weighted by molar-refractivity contribution is 7.12. The summed E-state index contributed by atoms with van der Waals surface area (Å²) in [5.74, 6) is -0.196. The Morgan fingerprint density at radius 1 is 1.50 bits per heavy atom. The van der Waals surface area contributed by atoms with Crippen molar-refractivity contribution in [3.05, 3.63) is 34.7 Å². The molecule has 0 radical (unpaired) electrons. The Labute approximate surface area is 112 Å². The zero-order valence-corrected chi connectivity index (χ0v) is 11.4. The zero-order chi connectivity index (χ0) is 13.2. The van der Waals surface area contributed by atoms with Crippen LogP contribution >= 0.6 is 11.3 Å². The zero-order valence-electron chi connectivity index (χ0n) is 10.6. The van der Waals surface area contributed by atoms with Gasteiger partial charge in [0.05, 0.1) is 26.4 Å². The van der Waals surface area contributed by atoms with Crippen LogP contribution in [0.15, 0.2) is 25.0 Å². The van der Waals surface area contributed by atoms with Crippen molar-refractivity contribution in [2.45, 2.75) is 19.4 Å². The molecule has 5 heteroatoms. The fourth-order valence-corrected chi connectivity index (χ4v) is 2.38. The molecule has 0 saturated carbocycles. The summed E-state index contributed by atoms with van der Waals surface area (Å²) < 4.78 is 9.65. The lowest BCUT2D eigenvalue weighted by Crippen LogP contribution is -2.15. The fraction of sp³-hybridized carbons (Fsp3) is 0.462. The topological polar surface area (TPSA) is 47.6 Å². The van der Waals surface area contributed by atoms with Gasteiger partial charge in [0.2, 0.25) is 0 Å². The maximum Gasteiger partial charge on any atom is 0.310 e. The largest absolute Gasteiger partial charge is 0.502 e. The molecule has 1 aromatic heterocycles. The summed E-state index contributed by atoms with van der Waals surface area (Å²) in [5.41, 5.74) is 0. The molecule has 0 aliphatic rings. The van der Waals surface area contributed by atoms with Gasteiger partial charge in [0.25, 0.3) is 0 Å². The third-order valence-electron chi connectivity index (χ3n) is 2.30. The van der Waals surface area contributed by atoms with Crippen molar-refractivity contribution in [1.82, 2.24) is 5.32 Å². The molecule has 18 heavy (non-hydrogen) atoms. The van der Waals surface area contributed by atoms with Gasteiger partial charge >= 0.3 is 5.97 Å². The molecule has 0 spiro atoms.